The van der Waals surface area contributed by atoms with Crippen LogP contribution in [0, 0.1) is 11.8 Å². The highest BCUT2D eigenvalue weighted by Crippen LogP contribution is 2.10. The third-order valence-electron chi connectivity index (χ3n) is 4.25. The molecule has 0 bridgehead atoms. The van der Waals surface area contributed by atoms with Crippen LogP contribution in [-0.2, 0) is 20.9 Å². The maximum Gasteiger partial charge on any atom is 0.408 e. The molecule has 0 aliphatic carbocycles. The number of primary amides is 1. The summed E-state index contributed by atoms with van der Waals surface area (Å²) in [7, 11) is 0. The molecule has 3 amide bonds. The summed E-state index contributed by atoms with van der Waals surface area (Å²) >= 11 is 0. The quantitative estimate of drug-likeness (QED) is 0.623. The van der Waals surface area contributed by atoms with E-state index in [2.05, 4.69) is 10.6 Å². The summed E-state index contributed by atoms with van der Waals surface area (Å²) in [5.74, 6) is -1.35. The third-order valence-corrected chi connectivity index (χ3v) is 4.25. The largest absolute Gasteiger partial charge is 0.445 e. The molecule has 0 saturated carbocycles. The molecule has 0 spiro atoms. The number of hydrogen-bond acceptors (Lipinski definition) is 4. The Balaban J connectivity index is 2.67. The highest BCUT2D eigenvalue weighted by molar-refractivity contribution is 5.91. The standard InChI is InChI=1S/C19H29N3O4/c1-5-13(4)16(17(20)23)21-18(24)15(12(2)3)22-19(25)26-11-14-9-7-6-8-10-14/h6-10,12-13,15-16H,5,11H2,1-4H3,(H2,20,23)(H,21,24)(H,22,25)/t13-,15-,16+/m0/s1. The van der Waals surface area contributed by atoms with Gasteiger partial charge < -0.3 is 21.1 Å². The second kappa shape index (κ2) is 10.4. The Labute approximate surface area is 154 Å². The third kappa shape index (κ3) is 6.74. The van der Waals surface area contributed by atoms with Crippen LogP contribution in [0.15, 0.2) is 30.3 Å². The van der Waals surface area contributed by atoms with Gasteiger partial charge in [0.25, 0.3) is 0 Å². The van der Waals surface area contributed by atoms with Gasteiger partial charge in [0.1, 0.15) is 18.7 Å². The molecule has 4 N–H and O–H groups in total. The lowest BCUT2D eigenvalue weighted by Gasteiger charge is -2.26. The van der Waals surface area contributed by atoms with Crippen LogP contribution >= 0.6 is 0 Å². The molecule has 1 aromatic rings. The highest BCUT2D eigenvalue weighted by atomic mass is 16.5. The molecule has 144 valence electrons. The van der Waals surface area contributed by atoms with E-state index in [4.69, 9.17) is 10.5 Å². The molecule has 1 aromatic carbocycles. The van der Waals surface area contributed by atoms with Gasteiger partial charge in [-0.1, -0.05) is 64.4 Å². The lowest BCUT2D eigenvalue weighted by molar-refractivity contribution is -0.130. The van der Waals surface area contributed by atoms with Crippen molar-refractivity contribution < 1.29 is 19.1 Å². The number of amides is 3. The fourth-order valence-corrected chi connectivity index (χ4v) is 2.40. The van der Waals surface area contributed by atoms with Crippen molar-refractivity contribution in [1.82, 2.24) is 10.6 Å². The summed E-state index contributed by atoms with van der Waals surface area (Å²) in [5.41, 5.74) is 6.23. The van der Waals surface area contributed by atoms with Crippen LogP contribution in [0.25, 0.3) is 0 Å². The van der Waals surface area contributed by atoms with Gasteiger partial charge in [-0.25, -0.2) is 4.79 Å². The van der Waals surface area contributed by atoms with Gasteiger partial charge in [-0.2, -0.15) is 0 Å². The second-order valence-electron chi connectivity index (χ2n) is 6.70. The zero-order chi connectivity index (χ0) is 19.7. The van der Waals surface area contributed by atoms with E-state index in [0.29, 0.717) is 6.42 Å². The van der Waals surface area contributed by atoms with Crippen molar-refractivity contribution in [3.05, 3.63) is 35.9 Å². The molecule has 0 saturated heterocycles. The van der Waals surface area contributed by atoms with E-state index in [1.165, 1.54) is 0 Å². The first-order valence-corrected chi connectivity index (χ1v) is 8.83. The van der Waals surface area contributed by atoms with Gasteiger partial charge in [-0.05, 0) is 17.4 Å². The first kappa shape index (κ1) is 21.5. The van der Waals surface area contributed by atoms with Crippen molar-refractivity contribution in [2.75, 3.05) is 0 Å². The first-order valence-electron chi connectivity index (χ1n) is 8.83. The minimum absolute atomic E-state index is 0.103. The van der Waals surface area contributed by atoms with E-state index in [0.717, 1.165) is 5.56 Å². The molecule has 3 atom stereocenters. The Kier molecular flexibility index (Phi) is 8.61. The topological polar surface area (TPSA) is 111 Å². The average Bonchev–Trinajstić information content (AvgIpc) is 2.61. The number of benzene rings is 1. The van der Waals surface area contributed by atoms with Crippen LogP contribution < -0.4 is 16.4 Å². The summed E-state index contributed by atoms with van der Waals surface area (Å²) in [5, 5.41) is 5.21. The van der Waals surface area contributed by atoms with Gasteiger partial charge >= 0.3 is 6.09 Å². The number of alkyl carbamates (subject to hydrolysis) is 1. The lowest BCUT2D eigenvalue weighted by atomic mass is 9.97. The van der Waals surface area contributed by atoms with Crippen LogP contribution in [0.1, 0.15) is 39.7 Å². The van der Waals surface area contributed by atoms with E-state index in [1.54, 1.807) is 13.8 Å². The van der Waals surface area contributed by atoms with Crippen LogP contribution in [0.2, 0.25) is 0 Å². The molecule has 0 unspecified atom stereocenters. The Hall–Kier alpha value is -2.57. The predicted octanol–water partition coefficient (Wildman–Crippen LogP) is 1.95. The van der Waals surface area contributed by atoms with Gasteiger partial charge in [0.15, 0.2) is 0 Å². The van der Waals surface area contributed by atoms with Gasteiger partial charge in [-0.3, -0.25) is 9.59 Å². The van der Waals surface area contributed by atoms with Crippen molar-refractivity contribution in [1.29, 1.82) is 0 Å². The summed E-state index contributed by atoms with van der Waals surface area (Å²) in [4.78, 5) is 36.2. The normalized spacial score (nSPS) is 14.2. The van der Waals surface area contributed by atoms with Crippen molar-refractivity contribution in [3.8, 4) is 0 Å². The fraction of sp³-hybridized carbons (Fsp3) is 0.526. The summed E-state index contributed by atoms with van der Waals surface area (Å²) in [6.45, 7) is 7.44. The predicted molar refractivity (Wildman–Crippen MR) is 99.0 cm³/mol. The number of rotatable bonds is 9. The highest BCUT2D eigenvalue weighted by Gasteiger charge is 2.30. The number of nitrogens with two attached hydrogens (primary N) is 1. The molecule has 7 heteroatoms. The van der Waals surface area contributed by atoms with Gasteiger partial charge in [0.2, 0.25) is 11.8 Å². The summed E-state index contributed by atoms with van der Waals surface area (Å²) in [6, 6.07) is 7.63. The first-order chi connectivity index (χ1) is 12.3. The Morgan fingerprint density at radius 3 is 2.15 bits per heavy atom. The molecule has 0 aromatic heterocycles. The molecular formula is C19H29N3O4. The minimum Gasteiger partial charge on any atom is -0.445 e. The molecule has 0 aliphatic heterocycles. The average molecular weight is 363 g/mol. The van der Waals surface area contributed by atoms with E-state index >= 15 is 0 Å². The minimum atomic E-state index is -0.829. The van der Waals surface area contributed by atoms with E-state index in [-0.39, 0.29) is 18.4 Å². The smallest absolute Gasteiger partial charge is 0.408 e. The van der Waals surface area contributed by atoms with Crippen molar-refractivity contribution in [3.63, 3.8) is 0 Å². The van der Waals surface area contributed by atoms with E-state index in [1.807, 2.05) is 44.2 Å². The van der Waals surface area contributed by atoms with Gasteiger partial charge in [0.05, 0.1) is 0 Å². The number of carbonyl (C=O) groups excluding carboxylic acids is 3. The molecule has 0 radical (unpaired) electrons. The second-order valence-corrected chi connectivity index (χ2v) is 6.70. The molecule has 26 heavy (non-hydrogen) atoms. The van der Waals surface area contributed by atoms with Crippen molar-refractivity contribution in [2.45, 2.75) is 52.8 Å². The van der Waals surface area contributed by atoms with Gasteiger partial charge in [-0.15, -0.1) is 0 Å². The summed E-state index contributed by atoms with van der Waals surface area (Å²) < 4.78 is 5.16. The molecular weight excluding hydrogens is 334 g/mol. The Morgan fingerprint density at radius 2 is 1.65 bits per heavy atom. The molecule has 0 fully saturated rings. The van der Waals surface area contributed by atoms with Crippen LogP contribution in [0.5, 0.6) is 0 Å². The molecule has 1 rings (SSSR count). The zero-order valence-electron chi connectivity index (χ0n) is 15.8. The van der Waals surface area contributed by atoms with Crippen molar-refractivity contribution in [2.24, 2.45) is 17.6 Å². The maximum absolute atomic E-state index is 12.5. The Morgan fingerprint density at radius 1 is 1.04 bits per heavy atom. The number of nitrogens with one attached hydrogen (secondary N) is 2. The lowest BCUT2D eigenvalue weighted by Crippen LogP contribution is -2.56. The number of carbonyl (C=O) groups is 3. The molecule has 0 heterocycles. The zero-order valence-corrected chi connectivity index (χ0v) is 15.8. The van der Waals surface area contributed by atoms with E-state index < -0.39 is 30.0 Å². The van der Waals surface area contributed by atoms with Crippen molar-refractivity contribution >= 4 is 17.9 Å². The van der Waals surface area contributed by atoms with E-state index in [9.17, 15) is 14.4 Å². The molecule has 0 aliphatic rings. The molecule has 7 nitrogen and oxygen atoms in total. The van der Waals surface area contributed by atoms with Crippen LogP contribution in [-0.4, -0.2) is 30.0 Å². The van der Waals surface area contributed by atoms with Crippen LogP contribution in [0.4, 0.5) is 4.79 Å². The van der Waals surface area contributed by atoms with Crippen LogP contribution in [0.3, 0.4) is 0 Å². The number of hydrogen-bond donors (Lipinski definition) is 3. The maximum atomic E-state index is 12.5. The number of ether oxygens (including phenoxy) is 1. The SMILES string of the molecule is CC[C@H](C)[C@@H](NC(=O)[C@@H](NC(=O)OCc1ccccc1)C(C)C)C(N)=O. The fourth-order valence-electron chi connectivity index (χ4n) is 2.40. The summed E-state index contributed by atoms with van der Waals surface area (Å²) in [6.07, 6.45) is -0.00544. The van der Waals surface area contributed by atoms with Gasteiger partial charge in [0, 0.05) is 0 Å². The monoisotopic (exact) mass is 363 g/mol. The Bertz CT molecular complexity index is 604.